The molecule has 0 aliphatic carbocycles. The molecule has 17 heavy (non-hydrogen) atoms. The molecule has 0 spiro atoms. The van der Waals surface area contributed by atoms with Crippen LogP contribution in [0, 0.1) is 11.3 Å². The maximum absolute atomic E-state index is 11.9. The first-order chi connectivity index (χ1) is 8.11. The fourth-order valence-corrected chi connectivity index (χ4v) is 1.86. The average molecular weight is 234 g/mol. The summed E-state index contributed by atoms with van der Waals surface area (Å²) in [6.45, 7) is 1.94. The highest BCUT2D eigenvalue weighted by molar-refractivity contribution is 5.94. The summed E-state index contributed by atoms with van der Waals surface area (Å²) in [5.41, 5.74) is 0.354. The van der Waals surface area contributed by atoms with Crippen molar-refractivity contribution in [2.75, 3.05) is 5.32 Å². The molecular formula is C11H14N4O2. The van der Waals surface area contributed by atoms with Gasteiger partial charge in [0.15, 0.2) is 0 Å². The third kappa shape index (κ3) is 2.29. The summed E-state index contributed by atoms with van der Waals surface area (Å²) in [6.07, 6.45) is 2.72. The molecular weight excluding hydrogens is 220 g/mol. The van der Waals surface area contributed by atoms with Crippen molar-refractivity contribution < 1.29 is 9.53 Å². The number of nitrogens with zero attached hydrogens (tertiary/aromatic N) is 3. The molecule has 1 aromatic rings. The Morgan fingerprint density at radius 2 is 2.47 bits per heavy atom. The molecule has 0 bridgehead atoms. The molecule has 1 N–H and O–H groups in total. The van der Waals surface area contributed by atoms with E-state index in [1.807, 2.05) is 13.0 Å². The van der Waals surface area contributed by atoms with Crippen LogP contribution in [0.2, 0.25) is 0 Å². The predicted molar refractivity (Wildman–Crippen MR) is 60.1 cm³/mol. The van der Waals surface area contributed by atoms with E-state index in [1.54, 1.807) is 7.05 Å². The summed E-state index contributed by atoms with van der Waals surface area (Å²) in [7, 11) is 1.68. The number of nitriles is 1. The van der Waals surface area contributed by atoms with Crippen LogP contribution in [-0.2, 0) is 16.6 Å². The Kier molecular flexibility index (Phi) is 3.11. The monoisotopic (exact) mass is 234 g/mol. The number of aromatic nitrogens is 2. The van der Waals surface area contributed by atoms with Crippen LogP contribution in [-0.4, -0.2) is 27.9 Å². The fourth-order valence-electron chi connectivity index (χ4n) is 1.86. The minimum absolute atomic E-state index is 0.118. The molecule has 1 fully saturated rings. The quantitative estimate of drug-likeness (QED) is 0.820. The van der Waals surface area contributed by atoms with Gasteiger partial charge < -0.3 is 10.1 Å². The SMILES string of the molecule is CC1CCC(C(=O)Nc2c(C#N)cnn2C)O1. The molecule has 0 aromatic carbocycles. The molecule has 0 radical (unpaired) electrons. The molecule has 1 saturated heterocycles. The summed E-state index contributed by atoms with van der Waals surface area (Å²) in [5, 5.41) is 15.5. The molecule has 2 heterocycles. The van der Waals surface area contributed by atoms with Gasteiger partial charge in [-0.05, 0) is 19.8 Å². The lowest BCUT2D eigenvalue weighted by molar-refractivity contribution is -0.126. The maximum Gasteiger partial charge on any atom is 0.254 e. The molecule has 2 unspecified atom stereocenters. The third-order valence-corrected chi connectivity index (χ3v) is 2.83. The van der Waals surface area contributed by atoms with Crippen molar-refractivity contribution >= 4 is 11.7 Å². The number of carbonyl (C=O) groups excluding carboxylic acids is 1. The van der Waals surface area contributed by atoms with E-state index in [0.29, 0.717) is 17.8 Å². The Morgan fingerprint density at radius 3 is 3.06 bits per heavy atom. The van der Waals surface area contributed by atoms with Gasteiger partial charge in [-0.25, -0.2) is 0 Å². The highest BCUT2D eigenvalue weighted by Gasteiger charge is 2.29. The normalized spacial score (nSPS) is 23.4. The van der Waals surface area contributed by atoms with Gasteiger partial charge in [-0.1, -0.05) is 0 Å². The lowest BCUT2D eigenvalue weighted by Crippen LogP contribution is -2.28. The molecule has 6 heteroatoms. The van der Waals surface area contributed by atoms with Gasteiger partial charge in [0.2, 0.25) is 0 Å². The van der Waals surface area contributed by atoms with Crippen molar-refractivity contribution in [2.24, 2.45) is 7.05 Å². The number of carbonyl (C=O) groups is 1. The Balaban J connectivity index is 2.08. The lowest BCUT2D eigenvalue weighted by atomic mass is 10.2. The van der Waals surface area contributed by atoms with Crippen LogP contribution in [0.1, 0.15) is 25.3 Å². The Labute approximate surface area is 99.2 Å². The summed E-state index contributed by atoms with van der Waals surface area (Å²) in [6, 6.07) is 1.98. The van der Waals surface area contributed by atoms with Gasteiger partial charge >= 0.3 is 0 Å². The lowest BCUT2D eigenvalue weighted by Gasteiger charge is -2.11. The topological polar surface area (TPSA) is 79.9 Å². The second-order valence-corrected chi connectivity index (χ2v) is 4.14. The highest BCUT2D eigenvalue weighted by Crippen LogP contribution is 2.21. The van der Waals surface area contributed by atoms with Crippen LogP contribution < -0.4 is 5.32 Å². The third-order valence-electron chi connectivity index (χ3n) is 2.83. The van der Waals surface area contributed by atoms with Crippen molar-refractivity contribution in [3.8, 4) is 6.07 Å². The number of anilines is 1. The highest BCUT2D eigenvalue weighted by atomic mass is 16.5. The average Bonchev–Trinajstić information content (AvgIpc) is 2.87. The molecule has 0 saturated carbocycles. The van der Waals surface area contributed by atoms with Gasteiger partial charge in [0.25, 0.3) is 5.91 Å². The second kappa shape index (κ2) is 4.55. The van der Waals surface area contributed by atoms with E-state index in [1.165, 1.54) is 10.9 Å². The fraction of sp³-hybridized carbons (Fsp3) is 0.545. The van der Waals surface area contributed by atoms with Crippen LogP contribution >= 0.6 is 0 Å². The van der Waals surface area contributed by atoms with E-state index in [2.05, 4.69) is 10.4 Å². The summed E-state index contributed by atoms with van der Waals surface area (Å²) in [5.74, 6) is 0.204. The van der Waals surface area contributed by atoms with Crippen molar-refractivity contribution in [3.05, 3.63) is 11.8 Å². The summed E-state index contributed by atoms with van der Waals surface area (Å²) >= 11 is 0. The van der Waals surface area contributed by atoms with E-state index in [-0.39, 0.29) is 12.0 Å². The predicted octanol–water partition coefficient (Wildman–Crippen LogP) is 0.798. The smallest absolute Gasteiger partial charge is 0.254 e. The molecule has 6 nitrogen and oxygen atoms in total. The number of ether oxygens (including phenoxy) is 1. The Bertz CT molecular complexity index is 474. The minimum Gasteiger partial charge on any atom is -0.365 e. The van der Waals surface area contributed by atoms with Crippen LogP contribution in [0.15, 0.2) is 6.20 Å². The summed E-state index contributed by atoms with van der Waals surface area (Å²) in [4.78, 5) is 11.9. The van der Waals surface area contributed by atoms with Crippen molar-refractivity contribution in [1.29, 1.82) is 5.26 Å². The molecule has 2 rings (SSSR count). The maximum atomic E-state index is 11.9. The van der Waals surface area contributed by atoms with E-state index in [9.17, 15) is 4.79 Å². The minimum atomic E-state index is -0.425. The second-order valence-electron chi connectivity index (χ2n) is 4.14. The van der Waals surface area contributed by atoms with E-state index < -0.39 is 6.10 Å². The number of rotatable bonds is 2. The first-order valence-electron chi connectivity index (χ1n) is 5.50. The summed E-state index contributed by atoms with van der Waals surface area (Å²) < 4.78 is 6.93. The number of nitrogens with one attached hydrogen (secondary N) is 1. The number of aryl methyl sites for hydroxylation is 1. The van der Waals surface area contributed by atoms with E-state index in [0.717, 1.165) is 6.42 Å². The molecule has 90 valence electrons. The van der Waals surface area contributed by atoms with Crippen LogP contribution in [0.3, 0.4) is 0 Å². The van der Waals surface area contributed by atoms with Gasteiger partial charge in [0.05, 0.1) is 12.3 Å². The first kappa shape index (κ1) is 11.6. The number of hydrogen-bond acceptors (Lipinski definition) is 4. The zero-order valence-electron chi connectivity index (χ0n) is 9.80. The zero-order valence-corrected chi connectivity index (χ0v) is 9.80. The Hall–Kier alpha value is -1.87. The van der Waals surface area contributed by atoms with Gasteiger partial charge in [0.1, 0.15) is 23.6 Å². The van der Waals surface area contributed by atoms with Gasteiger partial charge in [-0.15, -0.1) is 0 Å². The van der Waals surface area contributed by atoms with E-state index in [4.69, 9.17) is 10.00 Å². The largest absolute Gasteiger partial charge is 0.365 e. The van der Waals surface area contributed by atoms with Crippen molar-refractivity contribution in [1.82, 2.24) is 9.78 Å². The molecule has 1 aromatic heterocycles. The molecule has 2 atom stereocenters. The first-order valence-corrected chi connectivity index (χ1v) is 5.50. The number of hydrogen-bond donors (Lipinski definition) is 1. The van der Waals surface area contributed by atoms with Gasteiger partial charge in [0, 0.05) is 7.05 Å². The molecule has 1 aliphatic heterocycles. The van der Waals surface area contributed by atoms with E-state index >= 15 is 0 Å². The number of amides is 1. The van der Waals surface area contributed by atoms with Gasteiger partial charge in [-0.2, -0.15) is 10.4 Å². The van der Waals surface area contributed by atoms with Crippen molar-refractivity contribution in [2.45, 2.75) is 32.0 Å². The van der Waals surface area contributed by atoms with Crippen molar-refractivity contribution in [3.63, 3.8) is 0 Å². The van der Waals surface area contributed by atoms with Crippen LogP contribution in [0.25, 0.3) is 0 Å². The molecule has 1 aliphatic rings. The van der Waals surface area contributed by atoms with Crippen LogP contribution in [0.4, 0.5) is 5.82 Å². The zero-order chi connectivity index (χ0) is 12.4. The Morgan fingerprint density at radius 1 is 1.71 bits per heavy atom. The van der Waals surface area contributed by atoms with Gasteiger partial charge in [-0.3, -0.25) is 9.48 Å². The van der Waals surface area contributed by atoms with Crippen LogP contribution in [0.5, 0.6) is 0 Å². The molecule has 1 amide bonds. The standard InChI is InChI=1S/C11H14N4O2/c1-7-3-4-9(17-7)11(16)14-10-8(5-12)6-13-15(10)2/h6-7,9H,3-4H2,1-2H3,(H,14,16).